The average molecular weight is 278 g/mol. The molecule has 0 N–H and O–H groups in total. The van der Waals surface area contributed by atoms with E-state index in [-0.39, 0.29) is 30.7 Å². The van der Waals surface area contributed by atoms with Gasteiger partial charge in [0.15, 0.2) is 0 Å². The predicted molar refractivity (Wildman–Crippen MR) is 76.8 cm³/mol. The summed E-state index contributed by atoms with van der Waals surface area (Å²) in [5.74, 6) is 0.466. The lowest BCUT2D eigenvalue weighted by atomic mass is 10.1. The zero-order valence-electron chi connectivity index (χ0n) is 12.3. The Labute approximate surface area is 120 Å². The molecule has 4 nitrogen and oxygen atoms in total. The van der Waals surface area contributed by atoms with Crippen LogP contribution in [0.2, 0.25) is 0 Å². The van der Waals surface area contributed by atoms with Gasteiger partial charge in [-0.1, -0.05) is 12.1 Å². The molecule has 4 heteroatoms. The Morgan fingerprint density at radius 3 is 2.60 bits per heavy atom. The van der Waals surface area contributed by atoms with Crippen LogP contribution in [0.15, 0.2) is 24.3 Å². The van der Waals surface area contributed by atoms with E-state index in [1.165, 1.54) is 0 Å². The summed E-state index contributed by atoms with van der Waals surface area (Å²) >= 11 is 0. The van der Waals surface area contributed by atoms with Gasteiger partial charge >= 0.3 is 5.97 Å². The third kappa shape index (κ3) is 6.36. The average Bonchev–Trinajstić information content (AvgIpc) is 2.36. The van der Waals surface area contributed by atoms with Crippen LogP contribution in [-0.2, 0) is 20.7 Å². The molecule has 110 valence electrons. The van der Waals surface area contributed by atoms with Crippen LogP contribution in [0.4, 0.5) is 0 Å². The molecule has 0 aromatic heterocycles. The molecule has 1 aromatic rings. The number of ether oxygens (including phenoxy) is 2. The summed E-state index contributed by atoms with van der Waals surface area (Å²) < 4.78 is 10.4. The van der Waals surface area contributed by atoms with Crippen molar-refractivity contribution in [3.8, 4) is 5.75 Å². The van der Waals surface area contributed by atoms with Crippen molar-refractivity contribution in [1.29, 1.82) is 0 Å². The highest BCUT2D eigenvalue weighted by Crippen LogP contribution is 2.16. The molecule has 1 aromatic carbocycles. The molecular formula is C16H22O4. The fourth-order valence-corrected chi connectivity index (χ4v) is 1.79. The minimum atomic E-state index is -0.322. The maximum absolute atomic E-state index is 11.8. The highest BCUT2D eigenvalue weighted by molar-refractivity contribution is 5.84. The minimum absolute atomic E-state index is 0.0275. The van der Waals surface area contributed by atoms with E-state index in [9.17, 15) is 9.59 Å². The molecule has 0 aliphatic rings. The number of Topliss-reactive ketones (excluding diaryl/α,β-unsaturated/α-hetero) is 1. The normalized spacial score (nSPS) is 10.4. The molecule has 0 radical (unpaired) electrons. The van der Waals surface area contributed by atoms with Crippen LogP contribution in [0.3, 0.4) is 0 Å². The molecule has 20 heavy (non-hydrogen) atoms. The minimum Gasteiger partial charge on any atom is -0.491 e. The number of ketones is 1. The zero-order chi connectivity index (χ0) is 15.0. The molecule has 0 atom stereocenters. The van der Waals surface area contributed by atoms with Gasteiger partial charge in [0, 0.05) is 12.8 Å². The van der Waals surface area contributed by atoms with Crippen LogP contribution in [0.1, 0.15) is 39.2 Å². The van der Waals surface area contributed by atoms with E-state index in [1.54, 1.807) is 6.92 Å². The summed E-state index contributed by atoms with van der Waals surface area (Å²) in [6, 6.07) is 7.48. The van der Waals surface area contributed by atoms with E-state index in [0.29, 0.717) is 13.0 Å². The quantitative estimate of drug-likeness (QED) is 0.686. The van der Waals surface area contributed by atoms with E-state index in [2.05, 4.69) is 0 Å². The first kappa shape index (κ1) is 16.2. The number of benzene rings is 1. The van der Waals surface area contributed by atoms with Crippen LogP contribution < -0.4 is 4.74 Å². The van der Waals surface area contributed by atoms with Gasteiger partial charge in [-0.2, -0.15) is 0 Å². The van der Waals surface area contributed by atoms with Crippen LogP contribution in [-0.4, -0.2) is 24.5 Å². The second-order valence-corrected chi connectivity index (χ2v) is 4.83. The van der Waals surface area contributed by atoms with Crippen molar-refractivity contribution in [2.75, 3.05) is 6.61 Å². The monoisotopic (exact) mass is 278 g/mol. The lowest BCUT2D eigenvalue weighted by Gasteiger charge is -2.10. The van der Waals surface area contributed by atoms with Crippen LogP contribution in [0, 0.1) is 0 Å². The van der Waals surface area contributed by atoms with Gasteiger partial charge in [-0.15, -0.1) is 0 Å². The van der Waals surface area contributed by atoms with Gasteiger partial charge in [0.05, 0.1) is 19.1 Å². The van der Waals surface area contributed by atoms with Crippen molar-refractivity contribution in [1.82, 2.24) is 0 Å². The molecule has 0 aliphatic carbocycles. The van der Waals surface area contributed by atoms with Crippen LogP contribution in [0.25, 0.3) is 0 Å². The van der Waals surface area contributed by atoms with Crippen molar-refractivity contribution in [3.63, 3.8) is 0 Å². The van der Waals surface area contributed by atoms with Gasteiger partial charge in [0.1, 0.15) is 11.5 Å². The first-order valence-corrected chi connectivity index (χ1v) is 6.94. The number of esters is 1. The maximum atomic E-state index is 11.8. The van der Waals surface area contributed by atoms with Gasteiger partial charge in [-0.05, 0) is 38.5 Å². The Hall–Kier alpha value is -1.84. The van der Waals surface area contributed by atoms with E-state index in [0.717, 1.165) is 11.3 Å². The van der Waals surface area contributed by atoms with Gasteiger partial charge in [-0.3, -0.25) is 9.59 Å². The number of rotatable bonds is 8. The Kier molecular flexibility index (Phi) is 6.77. The van der Waals surface area contributed by atoms with E-state index >= 15 is 0 Å². The molecule has 0 aliphatic heterocycles. The highest BCUT2D eigenvalue weighted by Gasteiger charge is 2.09. The highest BCUT2D eigenvalue weighted by atomic mass is 16.5. The standard InChI is InChI=1S/C16H22O4/c1-4-19-16(18)9-8-14(17)10-13-6-5-7-15(11-13)20-12(2)3/h5-7,11-12H,4,8-10H2,1-3H3. The van der Waals surface area contributed by atoms with Gasteiger partial charge in [0.25, 0.3) is 0 Å². The van der Waals surface area contributed by atoms with Crippen LogP contribution >= 0.6 is 0 Å². The zero-order valence-corrected chi connectivity index (χ0v) is 12.3. The molecule has 1 rings (SSSR count). The molecule has 0 fully saturated rings. The summed E-state index contributed by atoms with van der Waals surface area (Å²) in [5, 5.41) is 0. The first-order valence-electron chi connectivity index (χ1n) is 6.94. The third-order valence-corrected chi connectivity index (χ3v) is 2.58. The Morgan fingerprint density at radius 2 is 1.95 bits per heavy atom. The van der Waals surface area contributed by atoms with Crippen molar-refractivity contribution < 1.29 is 19.1 Å². The van der Waals surface area contributed by atoms with E-state index in [1.807, 2.05) is 38.1 Å². The number of hydrogen-bond donors (Lipinski definition) is 0. The summed E-state index contributed by atoms with van der Waals surface area (Å²) in [7, 11) is 0. The van der Waals surface area contributed by atoms with Gasteiger partial charge in [-0.25, -0.2) is 0 Å². The number of carbonyl (C=O) groups excluding carboxylic acids is 2. The number of carbonyl (C=O) groups is 2. The van der Waals surface area contributed by atoms with E-state index < -0.39 is 0 Å². The largest absolute Gasteiger partial charge is 0.491 e. The first-order chi connectivity index (χ1) is 9.51. The topological polar surface area (TPSA) is 52.6 Å². The lowest BCUT2D eigenvalue weighted by molar-refractivity contribution is -0.144. The summed E-state index contributed by atoms with van der Waals surface area (Å²) in [5.41, 5.74) is 0.900. The fraction of sp³-hybridized carbons (Fsp3) is 0.500. The molecule has 0 amide bonds. The Bertz CT molecular complexity index is 452. The summed E-state index contributed by atoms with van der Waals surface area (Å²) in [6.07, 6.45) is 0.780. The molecule has 0 spiro atoms. The summed E-state index contributed by atoms with van der Waals surface area (Å²) in [4.78, 5) is 23.0. The molecule has 0 saturated carbocycles. The second-order valence-electron chi connectivity index (χ2n) is 4.83. The third-order valence-electron chi connectivity index (χ3n) is 2.58. The number of hydrogen-bond acceptors (Lipinski definition) is 4. The van der Waals surface area contributed by atoms with E-state index in [4.69, 9.17) is 9.47 Å². The molecule has 0 saturated heterocycles. The smallest absolute Gasteiger partial charge is 0.306 e. The fourth-order valence-electron chi connectivity index (χ4n) is 1.79. The second kappa shape index (κ2) is 8.35. The lowest BCUT2D eigenvalue weighted by Crippen LogP contribution is -2.10. The molecule has 0 bridgehead atoms. The van der Waals surface area contributed by atoms with Crippen molar-refractivity contribution >= 4 is 11.8 Å². The Morgan fingerprint density at radius 1 is 1.20 bits per heavy atom. The predicted octanol–water partition coefficient (Wildman–Crippen LogP) is 2.93. The van der Waals surface area contributed by atoms with Crippen molar-refractivity contribution in [2.24, 2.45) is 0 Å². The SMILES string of the molecule is CCOC(=O)CCC(=O)Cc1cccc(OC(C)C)c1. The van der Waals surface area contributed by atoms with Crippen LogP contribution in [0.5, 0.6) is 5.75 Å². The molecular weight excluding hydrogens is 256 g/mol. The molecule has 0 heterocycles. The van der Waals surface area contributed by atoms with Crippen molar-refractivity contribution in [3.05, 3.63) is 29.8 Å². The molecule has 0 unspecified atom stereocenters. The van der Waals surface area contributed by atoms with Gasteiger partial charge < -0.3 is 9.47 Å². The Balaban J connectivity index is 2.47. The summed E-state index contributed by atoms with van der Waals surface area (Å²) in [6.45, 7) is 6.01. The maximum Gasteiger partial charge on any atom is 0.306 e. The van der Waals surface area contributed by atoms with Crippen molar-refractivity contribution in [2.45, 2.75) is 46.1 Å². The van der Waals surface area contributed by atoms with Gasteiger partial charge in [0.2, 0.25) is 0 Å².